The maximum atomic E-state index is 9.82. The van der Waals surface area contributed by atoms with Crippen LogP contribution >= 0.6 is 0 Å². The second-order valence-electron chi connectivity index (χ2n) is 4.77. The van der Waals surface area contributed by atoms with E-state index in [-0.39, 0.29) is 0 Å². The molecule has 2 rings (SSSR count). The lowest BCUT2D eigenvalue weighted by atomic mass is 10.1. The molecule has 0 spiro atoms. The number of hydrogen-bond donors (Lipinski definition) is 1. The Bertz CT molecular complexity index is 576. The van der Waals surface area contributed by atoms with Crippen LogP contribution in [0.1, 0.15) is 29.7 Å². The molecule has 0 aromatic heterocycles. The minimum Gasteiger partial charge on any atom is -0.496 e. The predicted octanol–water partition coefficient (Wildman–Crippen LogP) is 3.64. The molecule has 0 radical (unpaired) electrons. The Balaban J connectivity index is 2.23. The van der Waals surface area contributed by atoms with E-state index in [2.05, 4.69) is 0 Å². The third kappa shape index (κ3) is 3.11. The summed E-state index contributed by atoms with van der Waals surface area (Å²) in [4.78, 5) is 0. The van der Waals surface area contributed by atoms with Crippen molar-refractivity contribution in [2.24, 2.45) is 0 Å². The lowest BCUT2D eigenvalue weighted by Crippen LogP contribution is -2.03. The van der Waals surface area contributed by atoms with Crippen molar-refractivity contribution >= 4 is 0 Å². The fraction of sp³-hybridized carbons (Fsp3) is 0.294. The van der Waals surface area contributed by atoms with Gasteiger partial charge in [0.1, 0.15) is 18.1 Å². The van der Waals surface area contributed by atoms with Gasteiger partial charge in [-0.3, -0.25) is 0 Å². The fourth-order valence-electron chi connectivity index (χ4n) is 2.17. The molecule has 0 aliphatic rings. The molecular weight excluding hydrogens is 252 g/mol. The van der Waals surface area contributed by atoms with Gasteiger partial charge in [0.05, 0.1) is 13.2 Å². The van der Waals surface area contributed by atoms with Gasteiger partial charge < -0.3 is 14.6 Å². The Morgan fingerprint density at radius 1 is 1.10 bits per heavy atom. The van der Waals surface area contributed by atoms with E-state index in [0.717, 1.165) is 28.2 Å². The molecule has 1 unspecified atom stereocenters. The average Bonchev–Trinajstić information content (AvgIpc) is 2.46. The molecule has 0 saturated heterocycles. The molecule has 0 fully saturated rings. The van der Waals surface area contributed by atoms with Gasteiger partial charge >= 0.3 is 0 Å². The topological polar surface area (TPSA) is 38.7 Å². The van der Waals surface area contributed by atoms with E-state index >= 15 is 0 Å². The molecular formula is C17H20O3. The van der Waals surface area contributed by atoms with Crippen LogP contribution in [-0.2, 0) is 6.61 Å². The standard InChI is InChI=1S/C17H20O3/c1-12-7-6-9-15(13(2)18)17(12)20-11-14-8-4-5-10-16(14)19-3/h4-10,13,18H,11H2,1-3H3. The summed E-state index contributed by atoms with van der Waals surface area (Å²) in [5, 5.41) is 9.82. The van der Waals surface area contributed by atoms with Crippen molar-refractivity contribution in [3.63, 3.8) is 0 Å². The second kappa shape index (κ2) is 6.44. The summed E-state index contributed by atoms with van der Waals surface area (Å²) in [6.07, 6.45) is -0.553. The van der Waals surface area contributed by atoms with E-state index in [4.69, 9.17) is 9.47 Å². The zero-order valence-corrected chi connectivity index (χ0v) is 12.1. The van der Waals surface area contributed by atoms with Crippen LogP contribution in [-0.4, -0.2) is 12.2 Å². The fourth-order valence-corrected chi connectivity index (χ4v) is 2.17. The molecule has 0 heterocycles. The average molecular weight is 272 g/mol. The van der Waals surface area contributed by atoms with Crippen molar-refractivity contribution in [1.29, 1.82) is 0 Å². The van der Waals surface area contributed by atoms with Gasteiger partial charge in [-0.2, -0.15) is 0 Å². The number of para-hydroxylation sites is 2. The monoisotopic (exact) mass is 272 g/mol. The summed E-state index contributed by atoms with van der Waals surface area (Å²) in [6.45, 7) is 4.13. The van der Waals surface area contributed by atoms with Gasteiger partial charge in [-0.1, -0.05) is 36.4 Å². The minimum absolute atomic E-state index is 0.411. The van der Waals surface area contributed by atoms with Gasteiger partial charge in [-0.15, -0.1) is 0 Å². The number of benzene rings is 2. The van der Waals surface area contributed by atoms with Gasteiger partial charge in [-0.05, 0) is 25.5 Å². The smallest absolute Gasteiger partial charge is 0.128 e. The number of methoxy groups -OCH3 is 1. The second-order valence-corrected chi connectivity index (χ2v) is 4.77. The molecule has 3 nitrogen and oxygen atoms in total. The lowest BCUT2D eigenvalue weighted by molar-refractivity contribution is 0.189. The van der Waals surface area contributed by atoms with Crippen molar-refractivity contribution in [1.82, 2.24) is 0 Å². The number of aliphatic hydroxyl groups is 1. The van der Waals surface area contributed by atoms with Crippen LogP contribution in [0.2, 0.25) is 0 Å². The summed E-state index contributed by atoms with van der Waals surface area (Å²) in [5.74, 6) is 1.55. The third-order valence-corrected chi connectivity index (χ3v) is 3.26. The predicted molar refractivity (Wildman–Crippen MR) is 79.1 cm³/mol. The molecule has 0 amide bonds. The van der Waals surface area contributed by atoms with Crippen molar-refractivity contribution in [2.75, 3.05) is 7.11 Å². The Kier molecular flexibility index (Phi) is 4.64. The van der Waals surface area contributed by atoms with E-state index < -0.39 is 6.10 Å². The van der Waals surface area contributed by atoms with Crippen LogP contribution in [0, 0.1) is 6.92 Å². The highest BCUT2D eigenvalue weighted by molar-refractivity contribution is 5.42. The highest BCUT2D eigenvalue weighted by Crippen LogP contribution is 2.30. The Morgan fingerprint density at radius 3 is 2.55 bits per heavy atom. The van der Waals surface area contributed by atoms with Gasteiger partial charge in [0.25, 0.3) is 0 Å². The van der Waals surface area contributed by atoms with Crippen LogP contribution in [0.4, 0.5) is 0 Å². The number of rotatable bonds is 5. The van der Waals surface area contributed by atoms with Crippen LogP contribution < -0.4 is 9.47 Å². The van der Waals surface area contributed by atoms with Crippen molar-refractivity contribution in [3.8, 4) is 11.5 Å². The quantitative estimate of drug-likeness (QED) is 0.903. The Hall–Kier alpha value is -2.00. The zero-order chi connectivity index (χ0) is 14.5. The molecule has 0 saturated carbocycles. The van der Waals surface area contributed by atoms with Crippen molar-refractivity contribution in [3.05, 3.63) is 59.2 Å². The van der Waals surface area contributed by atoms with Crippen molar-refractivity contribution in [2.45, 2.75) is 26.6 Å². The minimum atomic E-state index is -0.553. The molecule has 106 valence electrons. The van der Waals surface area contributed by atoms with Crippen LogP contribution in [0.15, 0.2) is 42.5 Å². The van der Waals surface area contributed by atoms with E-state index in [0.29, 0.717) is 6.61 Å². The summed E-state index contributed by atoms with van der Waals surface area (Å²) in [6, 6.07) is 13.5. The van der Waals surface area contributed by atoms with Gasteiger partial charge in [0.15, 0.2) is 0 Å². The number of ether oxygens (including phenoxy) is 2. The van der Waals surface area contributed by atoms with Gasteiger partial charge in [0, 0.05) is 11.1 Å². The highest BCUT2D eigenvalue weighted by Gasteiger charge is 2.12. The first-order valence-electron chi connectivity index (χ1n) is 6.65. The van der Waals surface area contributed by atoms with E-state index in [1.165, 1.54) is 0 Å². The Labute approximate surface area is 119 Å². The van der Waals surface area contributed by atoms with Crippen LogP contribution in [0.25, 0.3) is 0 Å². The maximum Gasteiger partial charge on any atom is 0.128 e. The van der Waals surface area contributed by atoms with Crippen LogP contribution in [0.5, 0.6) is 11.5 Å². The molecule has 2 aromatic rings. The summed E-state index contributed by atoms with van der Waals surface area (Å²) < 4.78 is 11.2. The molecule has 0 bridgehead atoms. The van der Waals surface area contributed by atoms with Gasteiger partial charge in [-0.25, -0.2) is 0 Å². The molecule has 0 aliphatic heterocycles. The molecule has 3 heteroatoms. The van der Waals surface area contributed by atoms with E-state index in [1.54, 1.807) is 14.0 Å². The molecule has 1 atom stereocenters. The molecule has 20 heavy (non-hydrogen) atoms. The summed E-state index contributed by atoms with van der Waals surface area (Å²) in [5.41, 5.74) is 2.80. The number of aliphatic hydroxyl groups excluding tert-OH is 1. The first-order valence-corrected chi connectivity index (χ1v) is 6.65. The third-order valence-electron chi connectivity index (χ3n) is 3.26. The zero-order valence-electron chi connectivity index (χ0n) is 12.1. The number of aryl methyl sites for hydroxylation is 1. The molecule has 2 aromatic carbocycles. The molecule has 0 aliphatic carbocycles. The highest BCUT2D eigenvalue weighted by atomic mass is 16.5. The van der Waals surface area contributed by atoms with Gasteiger partial charge in [0.2, 0.25) is 0 Å². The lowest BCUT2D eigenvalue weighted by Gasteiger charge is -2.16. The number of hydrogen-bond acceptors (Lipinski definition) is 3. The summed E-state index contributed by atoms with van der Waals surface area (Å²) >= 11 is 0. The van der Waals surface area contributed by atoms with Crippen LogP contribution in [0.3, 0.4) is 0 Å². The largest absolute Gasteiger partial charge is 0.496 e. The Morgan fingerprint density at radius 2 is 1.85 bits per heavy atom. The SMILES string of the molecule is COc1ccccc1COc1c(C)cccc1C(C)O. The molecule has 1 N–H and O–H groups in total. The first kappa shape index (κ1) is 14.4. The maximum absolute atomic E-state index is 9.82. The van der Waals surface area contributed by atoms with Crippen molar-refractivity contribution < 1.29 is 14.6 Å². The first-order chi connectivity index (χ1) is 9.63. The van der Waals surface area contributed by atoms with E-state index in [9.17, 15) is 5.11 Å². The summed E-state index contributed by atoms with van der Waals surface area (Å²) in [7, 11) is 1.65. The normalized spacial score (nSPS) is 12.0. The van der Waals surface area contributed by atoms with E-state index in [1.807, 2.05) is 49.4 Å².